The third kappa shape index (κ3) is 5.15. The van der Waals surface area contributed by atoms with Crippen LogP contribution >= 0.6 is 0 Å². The Morgan fingerprint density at radius 1 is 1.13 bits per heavy atom. The van der Waals surface area contributed by atoms with Crippen molar-refractivity contribution >= 4 is 11.8 Å². The van der Waals surface area contributed by atoms with Crippen LogP contribution in [0.4, 0.5) is 10.5 Å². The van der Waals surface area contributed by atoms with Gasteiger partial charge in [0, 0.05) is 18.8 Å². The van der Waals surface area contributed by atoms with Crippen molar-refractivity contribution in [3.63, 3.8) is 0 Å². The zero-order chi connectivity index (χ0) is 17.4. The fourth-order valence-electron chi connectivity index (χ4n) is 2.91. The third-order valence-corrected chi connectivity index (χ3v) is 3.96. The van der Waals surface area contributed by atoms with Crippen molar-refractivity contribution in [3.05, 3.63) is 29.8 Å². The fraction of sp³-hybridized carbons (Fsp3) is 0.632. The summed E-state index contributed by atoms with van der Waals surface area (Å²) in [5.74, 6) is 0. The first kappa shape index (κ1) is 19.3. The van der Waals surface area contributed by atoms with Crippen LogP contribution in [0, 0.1) is 6.92 Å². The van der Waals surface area contributed by atoms with Gasteiger partial charge in [0.05, 0.1) is 18.7 Å². The molecule has 1 aliphatic heterocycles. The molecule has 0 unspecified atom stereocenters. The van der Waals surface area contributed by atoms with Crippen LogP contribution in [-0.4, -0.2) is 42.8 Å². The lowest BCUT2D eigenvalue weighted by Crippen LogP contribution is -2.58. The van der Waals surface area contributed by atoms with Gasteiger partial charge in [-0.05, 0) is 39.3 Å². The van der Waals surface area contributed by atoms with E-state index in [1.54, 1.807) is 0 Å². The molecular formula is C19H32N2O2. The quantitative estimate of drug-likeness (QED) is 0.824. The summed E-state index contributed by atoms with van der Waals surface area (Å²) >= 11 is 0. The monoisotopic (exact) mass is 320 g/mol. The van der Waals surface area contributed by atoms with E-state index < -0.39 is 0 Å². The van der Waals surface area contributed by atoms with Crippen molar-refractivity contribution < 1.29 is 9.53 Å². The van der Waals surface area contributed by atoms with E-state index in [1.165, 1.54) is 11.3 Å². The Balaban J connectivity index is 0.00000127. The maximum absolute atomic E-state index is 12.2. The van der Waals surface area contributed by atoms with Gasteiger partial charge in [-0.2, -0.15) is 0 Å². The molecule has 4 nitrogen and oxygen atoms in total. The number of rotatable bonds is 3. The van der Waals surface area contributed by atoms with Crippen LogP contribution in [0.25, 0.3) is 0 Å². The average molecular weight is 320 g/mol. The van der Waals surface area contributed by atoms with Gasteiger partial charge in [0.1, 0.15) is 0 Å². The number of hydrogen-bond donors (Lipinski definition) is 0. The number of hydrogen-bond acceptors (Lipinski definition) is 3. The van der Waals surface area contributed by atoms with E-state index >= 15 is 0 Å². The number of ether oxygens (including phenoxy) is 1. The summed E-state index contributed by atoms with van der Waals surface area (Å²) in [7, 11) is 0. The first-order chi connectivity index (χ1) is 11.0. The van der Waals surface area contributed by atoms with Gasteiger partial charge in [-0.3, -0.25) is 4.90 Å². The summed E-state index contributed by atoms with van der Waals surface area (Å²) in [4.78, 5) is 16.4. The highest BCUT2D eigenvalue weighted by molar-refractivity contribution is 5.69. The van der Waals surface area contributed by atoms with Gasteiger partial charge in [-0.1, -0.05) is 38.5 Å². The lowest BCUT2D eigenvalue weighted by molar-refractivity contribution is 0.0663. The molecule has 0 saturated carbocycles. The van der Waals surface area contributed by atoms with Crippen LogP contribution < -0.4 is 4.90 Å². The predicted molar refractivity (Wildman–Crippen MR) is 97.1 cm³/mol. The number of carbonyl (C=O) groups excluding carboxylic acids is 1. The number of aryl methyl sites for hydroxylation is 1. The van der Waals surface area contributed by atoms with Crippen LogP contribution in [0.5, 0.6) is 0 Å². The second-order valence-electron chi connectivity index (χ2n) is 5.96. The standard InChI is InChI=1S/C17H26N2O2.C2H6/c1-5-10-21-17(20)19-14(3)11-18(12-15(19)4)16-8-6-13(2)7-9-16;1-2/h6-9,14-15H,5,10-12H2,1-4H3;1-2H3/t14-,15+;. The van der Waals surface area contributed by atoms with Crippen molar-refractivity contribution in [1.82, 2.24) is 4.90 Å². The number of amides is 1. The molecule has 0 spiro atoms. The molecule has 23 heavy (non-hydrogen) atoms. The first-order valence-electron chi connectivity index (χ1n) is 8.79. The van der Waals surface area contributed by atoms with Gasteiger partial charge in [0.15, 0.2) is 0 Å². The average Bonchev–Trinajstić information content (AvgIpc) is 2.54. The number of nitrogens with zero attached hydrogens (tertiary/aromatic N) is 2. The number of benzene rings is 1. The molecule has 2 rings (SSSR count). The molecule has 4 heteroatoms. The van der Waals surface area contributed by atoms with Gasteiger partial charge >= 0.3 is 6.09 Å². The van der Waals surface area contributed by atoms with Crippen LogP contribution in [0.15, 0.2) is 24.3 Å². The highest BCUT2D eigenvalue weighted by Gasteiger charge is 2.33. The van der Waals surface area contributed by atoms with Crippen molar-refractivity contribution in [2.24, 2.45) is 0 Å². The van der Waals surface area contributed by atoms with Crippen LogP contribution in [0.1, 0.15) is 46.6 Å². The summed E-state index contributed by atoms with van der Waals surface area (Å²) in [6.07, 6.45) is 0.679. The maximum atomic E-state index is 12.2. The van der Waals surface area contributed by atoms with Gasteiger partial charge in [-0.15, -0.1) is 0 Å². The number of anilines is 1. The van der Waals surface area contributed by atoms with E-state index in [2.05, 4.69) is 49.9 Å². The molecule has 1 saturated heterocycles. The fourth-order valence-corrected chi connectivity index (χ4v) is 2.91. The van der Waals surface area contributed by atoms with Gasteiger partial charge in [0.25, 0.3) is 0 Å². The Morgan fingerprint density at radius 3 is 2.13 bits per heavy atom. The van der Waals surface area contributed by atoms with Crippen molar-refractivity contribution in [2.45, 2.75) is 60.0 Å². The zero-order valence-electron chi connectivity index (χ0n) is 15.5. The van der Waals surface area contributed by atoms with Crippen molar-refractivity contribution in [2.75, 3.05) is 24.6 Å². The van der Waals surface area contributed by atoms with Crippen molar-refractivity contribution in [1.29, 1.82) is 0 Å². The molecule has 1 aromatic rings. The van der Waals surface area contributed by atoms with Crippen LogP contribution in [0.2, 0.25) is 0 Å². The molecule has 2 atom stereocenters. The Morgan fingerprint density at radius 2 is 1.65 bits per heavy atom. The lowest BCUT2D eigenvalue weighted by Gasteiger charge is -2.44. The smallest absolute Gasteiger partial charge is 0.410 e. The molecule has 0 radical (unpaired) electrons. The molecule has 0 aromatic heterocycles. The van der Waals surface area contributed by atoms with E-state index in [-0.39, 0.29) is 18.2 Å². The second kappa shape index (κ2) is 9.43. The summed E-state index contributed by atoms with van der Waals surface area (Å²) in [5, 5.41) is 0. The lowest BCUT2D eigenvalue weighted by atomic mass is 10.1. The van der Waals surface area contributed by atoms with E-state index in [0.717, 1.165) is 19.5 Å². The maximum Gasteiger partial charge on any atom is 0.410 e. The Hall–Kier alpha value is -1.71. The highest BCUT2D eigenvalue weighted by atomic mass is 16.6. The number of carbonyl (C=O) groups is 1. The van der Waals surface area contributed by atoms with Gasteiger partial charge < -0.3 is 9.64 Å². The van der Waals surface area contributed by atoms with Crippen LogP contribution in [-0.2, 0) is 4.74 Å². The predicted octanol–water partition coefficient (Wildman–Crippen LogP) is 4.47. The molecule has 1 heterocycles. The third-order valence-electron chi connectivity index (χ3n) is 3.96. The first-order valence-corrected chi connectivity index (χ1v) is 8.79. The van der Waals surface area contributed by atoms with Gasteiger partial charge in [0.2, 0.25) is 0 Å². The minimum atomic E-state index is -0.180. The van der Waals surface area contributed by atoms with E-state index in [0.29, 0.717) is 6.61 Å². The highest BCUT2D eigenvalue weighted by Crippen LogP contribution is 2.23. The van der Waals surface area contributed by atoms with Gasteiger partial charge in [-0.25, -0.2) is 4.79 Å². The van der Waals surface area contributed by atoms with E-state index in [4.69, 9.17) is 4.74 Å². The molecule has 1 fully saturated rings. The second-order valence-corrected chi connectivity index (χ2v) is 5.96. The van der Waals surface area contributed by atoms with E-state index in [1.807, 2.05) is 25.7 Å². The minimum absolute atomic E-state index is 0.152. The summed E-state index contributed by atoms with van der Waals surface area (Å²) in [5.41, 5.74) is 2.49. The van der Waals surface area contributed by atoms with Crippen LogP contribution in [0.3, 0.4) is 0 Å². The zero-order valence-corrected chi connectivity index (χ0v) is 15.5. The summed E-state index contributed by atoms with van der Waals surface area (Å²) in [6, 6.07) is 8.87. The SMILES string of the molecule is CC.CCCOC(=O)N1[C@H](C)CN(c2ccc(C)cc2)C[C@@H]1C. The molecule has 0 aliphatic carbocycles. The van der Waals surface area contributed by atoms with E-state index in [9.17, 15) is 4.79 Å². The molecule has 130 valence electrons. The Bertz CT molecular complexity index is 461. The molecule has 1 aliphatic rings. The normalized spacial score (nSPS) is 20.6. The Kier molecular flexibility index (Phi) is 7.93. The van der Waals surface area contributed by atoms with Crippen molar-refractivity contribution in [3.8, 4) is 0 Å². The largest absolute Gasteiger partial charge is 0.449 e. The molecule has 1 amide bonds. The molecule has 0 bridgehead atoms. The summed E-state index contributed by atoms with van der Waals surface area (Å²) in [6.45, 7) is 14.5. The summed E-state index contributed by atoms with van der Waals surface area (Å²) < 4.78 is 5.30. The molecule has 0 N–H and O–H groups in total. The Labute approximate surface area is 141 Å². The number of piperazine rings is 1. The topological polar surface area (TPSA) is 32.8 Å². The molecular weight excluding hydrogens is 288 g/mol. The molecule has 1 aromatic carbocycles. The minimum Gasteiger partial charge on any atom is -0.449 e.